The Balaban J connectivity index is 2.25. The summed E-state index contributed by atoms with van der Waals surface area (Å²) in [5.41, 5.74) is 4.61. The van der Waals surface area contributed by atoms with Crippen molar-refractivity contribution < 1.29 is 9.59 Å². The first-order chi connectivity index (χ1) is 6.20. The van der Waals surface area contributed by atoms with Crippen LogP contribution in [0, 0.1) is 0 Å². The highest BCUT2D eigenvalue weighted by Crippen LogP contribution is 2.06. The molecule has 74 valence electrons. The number of hydrogen-bond donors (Lipinski definition) is 3. The van der Waals surface area contributed by atoms with E-state index >= 15 is 0 Å². The first-order valence-electron chi connectivity index (χ1n) is 4.50. The Labute approximate surface area is 77.2 Å². The molecule has 1 atom stereocenters. The Hall–Kier alpha value is -1.10. The molecule has 2 amide bonds. The lowest BCUT2D eigenvalue weighted by molar-refractivity contribution is -0.129. The second kappa shape index (κ2) is 4.81. The lowest BCUT2D eigenvalue weighted by Crippen LogP contribution is -2.51. The van der Waals surface area contributed by atoms with Gasteiger partial charge in [0.1, 0.15) is 0 Å². The van der Waals surface area contributed by atoms with Crippen molar-refractivity contribution in [2.45, 2.75) is 32.2 Å². The molecule has 1 rings (SSSR count). The number of carbonyl (C=O) groups excluding carboxylic acids is 2. The molecule has 13 heavy (non-hydrogen) atoms. The minimum Gasteiger partial charge on any atom is -0.306 e. The van der Waals surface area contributed by atoms with Crippen LogP contribution in [0.1, 0.15) is 26.2 Å². The molecule has 0 spiro atoms. The number of piperidine rings is 1. The van der Waals surface area contributed by atoms with E-state index in [1.165, 1.54) is 6.92 Å². The molecule has 0 aromatic heterocycles. The Morgan fingerprint density at radius 1 is 1.31 bits per heavy atom. The molecule has 0 aromatic carbocycles. The Bertz CT molecular complexity index is 200. The Morgan fingerprint density at radius 2 is 2.08 bits per heavy atom. The second-order valence-electron chi connectivity index (χ2n) is 3.17. The van der Waals surface area contributed by atoms with Crippen molar-refractivity contribution in [3.05, 3.63) is 0 Å². The number of amides is 2. The van der Waals surface area contributed by atoms with Crippen molar-refractivity contribution in [1.29, 1.82) is 0 Å². The SMILES string of the molecule is CC(=O)NNC(=O)[C@H]1CCCCN1. The van der Waals surface area contributed by atoms with Crippen LogP contribution in [0.25, 0.3) is 0 Å². The van der Waals surface area contributed by atoms with Gasteiger partial charge >= 0.3 is 0 Å². The van der Waals surface area contributed by atoms with E-state index in [-0.39, 0.29) is 17.9 Å². The Morgan fingerprint density at radius 3 is 2.62 bits per heavy atom. The second-order valence-corrected chi connectivity index (χ2v) is 3.17. The third-order valence-electron chi connectivity index (χ3n) is 1.99. The summed E-state index contributed by atoms with van der Waals surface area (Å²) in [4.78, 5) is 21.8. The van der Waals surface area contributed by atoms with E-state index < -0.39 is 0 Å². The maximum Gasteiger partial charge on any atom is 0.255 e. The molecule has 3 N–H and O–H groups in total. The maximum atomic E-state index is 11.3. The van der Waals surface area contributed by atoms with Crippen LogP contribution in [0.5, 0.6) is 0 Å². The third-order valence-corrected chi connectivity index (χ3v) is 1.99. The fraction of sp³-hybridized carbons (Fsp3) is 0.750. The van der Waals surface area contributed by atoms with Gasteiger partial charge in [0.05, 0.1) is 6.04 Å². The molecule has 1 fully saturated rings. The summed E-state index contributed by atoms with van der Waals surface area (Å²) in [5, 5.41) is 3.08. The molecule has 0 aromatic rings. The van der Waals surface area contributed by atoms with Crippen LogP contribution in [0.15, 0.2) is 0 Å². The molecule has 0 bridgehead atoms. The molecule has 1 saturated heterocycles. The Kier molecular flexibility index (Phi) is 3.70. The van der Waals surface area contributed by atoms with E-state index in [1.54, 1.807) is 0 Å². The van der Waals surface area contributed by atoms with E-state index in [1.807, 2.05) is 0 Å². The van der Waals surface area contributed by atoms with Crippen LogP contribution in [0.2, 0.25) is 0 Å². The zero-order valence-corrected chi connectivity index (χ0v) is 7.72. The molecular weight excluding hydrogens is 170 g/mol. The molecular formula is C8H15N3O2. The smallest absolute Gasteiger partial charge is 0.255 e. The van der Waals surface area contributed by atoms with Gasteiger partial charge in [-0.3, -0.25) is 20.4 Å². The number of nitrogens with one attached hydrogen (secondary N) is 3. The van der Waals surface area contributed by atoms with Gasteiger partial charge in [-0.15, -0.1) is 0 Å². The molecule has 1 aliphatic heterocycles. The van der Waals surface area contributed by atoms with Gasteiger partial charge in [0, 0.05) is 6.92 Å². The minimum atomic E-state index is -0.260. The average molecular weight is 185 g/mol. The molecule has 5 heteroatoms. The highest BCUT2D eigenvalue weighted by molar-refractivity contribution is 5.84. The van der Waals surface area contributed by atoms with Crippen molar-refractivity contribution in [1.82, 2.24) is 16.2 Å². The van der Waals surface area contributed by atoms with Crippen LogP contribution >= 0.6 is 0 Å². The predicted molar refractivity (Wildman–Crippen MR) is 47.6 cm³/mol. The van der Waals surface area contributed by atoms with Gasteiger partial charge in [-0.2, -0.15) is 0 Å². The number of hydrogen-bond acceptors (Lipinski definition) is 3. The van der Waals surface area contributed by atoms with Crippen molar-refractivity contribution in [2.24, 2.45) is 0 Å². The zero-order valence-electron chi connectivity index (χ0n) is 7.72. The van der Waals surface area contributed by atoms with Gasteiger partial charge in [0.2, 0.25) is 5.91 Å². The first-order valence-corrected chi connectivity index (χ1v) is 4.50. The van der Waals surface area contributed by atoms with Gasteiger partial charge in [0.15, 0.2) is 0 Å². The van der Waals surface area contributed by atoms with E-state index in [0.29, 0.717) is 0 Å². The van der Waals surface area contributed by atoms with Crippen molar-refractivity contribution in [2.75, 3.05) is 6.54 Å². The van der Waals surface area contributed by atoms with Crippen LogP contribution in [-0.4, -0.2) is 24.4 Å². The van der Waals surface area contributed by atoms with E-state index in [0.717, 1.165) is 25.8 Å². The van der Waals surface area contributed by atoms with Gasteiger partial charge < -0.3 is 5.32 Å². The van der Waals surface area contributed by atoms with Gasteiger partial charge in [-0.25, -0.2) is 0 Å². The lowest BCUT2D eigenvalue weighted by Gasteiger charge is -2.22. The van der Waals surface area contributed by atoms with E-state index in [9.17, 15) is 9.59 Å². The summed E-state index contributed by atoms with van der Waals surface area (Å²) in [6.07, 6.45) is 3.01. The summed E-state index contributed by atoms with van der Waals surface area (Å²) in [5.74, 6) is -0.418. The molecule has 0 saturated carbocycles. The third kappa shape index (κ3) is 3.42. The van der Waals surface area contributed by atoms with Crippen molar-refractivity contribution in [3.63, 3.8) is 0 Å². The highest BCUT2D eigenvalue weighted by atomic mass is 16.2. The summed E-state index contributed by atoms with van der Waals surface area (Å²) in [6, 6.07) is -0.152. The largest absolute Gasteiger partial charge is 0.306 e. The summed E-state index contributed by atoms with van der Waals surface area (Å²) >= 11 is 0. The topological polar surface area (TPSA) is 70.2 Å². The minimum absolute atomic E-state index is 0.152. The fourth-order valence-electron chi connectivity index (χ4n) is 1.31. The zero-order chi connectivity index (χ0) is 9.68. The number of rotatable bonds is 1. The maximum absolute atomic E-state index is 11.3. The lowest BCUT2D eigenvalue weighted by atomic mass is 10.0. The monoisotopic (exact) mass is 185 g/mol. The first kappa shape index (κ1) is 9.98. The number of carbonyl (C=O) groups is 2. The predicted octanol–water partition coefficient (Wildman–Crippen LogP) is -0.704. The fourth-order valence-corrected chi connectivity index (χ4v) is 1.31. The van der Waals surface area contributed by atoms with Crippen LogP contribution in [-0.2, 0) is 9.59 Å². The normalized spacial score (nSPS) is 22.1. The van der Waals surface area contributed by atoms with E-state index in [4.69, 9.17) is 0 Å². The molecule has 0 unspecified atom stereocenters. The summed E-state index contributed by atoms with van der Waals surface area (Å²) in [6.45, 7) is 2.23. The quantitative estimate of drug-likeness (QED) is 0.473. The van der Waals surface area contributed by atoms with Crippen molar-refractivity contribution in [3.8, 4) is 0 Å². The van der Waals surface area contributed by atoms with Gasteiger partial charge in [0.25, 0.3) is 5.91 Å². The standard InChI is InChI=1S/C8H15N3O2/c1-6(12)10-11-8(13)7-4-2-3-5-9-7/h7,9H,2-5H2,1H3,(H,10,12)(H,11,13)/t7-/m1/s1. The number of hydrazine groups is 1. The molecule has 1 heterocycles. The van der Waals surface area contributed by atoms with Crippen LogP contribution in [0.4, 0.5) is 0 Å². The highest BCUT2D eigenvalue weighted by Gasteiger charge is 2.19. The van der Waals surface area contributed by atoms with Gasteiger partial charge in [-0.05, 0) is 19.4 Å². The molecule has 0 aliphatic carbocycles. The van der Waals surface area contributed by atoms with Crippen LogP contribution < -0.4 is 16.2 Å². The van der Waals surface area contributed by atoms with E-state index in [2.05, 4.69) is 16.2 Å². The summed E-state index contributed by atoms with van der Waals surface area (Å²) < 4.78 is 0. The van der Waals surface area contributed by atoms with Crippen LogP contribution in [0.3, 0.4) is 0 Å². The molecule has 0 radical (unpaired) electrons. The molecule has 1 aliphatic rings. The van der Waals surface area contributed by atoms with Gasteiger partial charge in [-0.1, -0.05) is 6.42 Å². The summed E-state index contributed by atoms with van der Waals surface area (Å²) in [7, 11) is 0. The average Bonchev–Trinajstić information content (AvgIpc) is 2.15. The molecule has 5 nitrogen and oxygen atoms in total. The van der Waals surface area contributed by atoms with Crippen molar-refractivity contribution >= 4 is 11.8 Å².